The number of phenols is 1. The standard InChI is InChI=1S/C13H15ClO4/c1-7-8(14)6-9(15)11(18-2)10(7)13(12(16)17)4-3-5-13/h6,15H,3-5H2,1-2H3,(H,16,17). The molecule has 2 rings (SSSR count). The predicted molar refractivity (Wildman–Crippen MR) is 67.6 cm³/mol. The number of carbonyl (C=O) groups is 1. The summed E-state index contributed by atoms with van der Waals surface area (Å²) in [5.74, 6) is -0.786. The van der Waals surface area contributed by atoms with E-state index in [0.717, 1.165) is 6.42 Å². The minimum Gasteiger partial charge on any atom is -0.504 e. The number of methoxy groups -OCH3 is 1. The van der Waals surface area contributed by atoms with Gasteiger partial charge in [-0.25, -0.2) is 0 Å². The van der Waals surface area contributed by atoms with Gasteiger partial charge in [0.2, 0.25) is 0 Å². The van der Waals surface area contributed by atoms with Gasteiger partial charge in [0.05, 0.1) is 12.5 Å². The summed E-state index contributed by atoms with van der Waals surface area (Å²) < 4.78 is 5.17. The third-order valence-electron chi connectivity index (χ3n) is 3.76. The van der Waals surface area contributed by atoms with Crippen LogP contribution in [-0.4, -0.2) is 23.3 Å². The molecule has 0 amide bonds. The van der Waals surface area contributed by atoms with E-state index in [2.05, 4.69) is 0 Å². The van der Waals surface area contributed by atoms with Crippen LogP contribution in [0.2, 0.25) is 5.02 Å². The van der Waals surface area contributed by atoms with Crippen LogP contribution in [0.5, 0.6) is 11.5 Å². The Balaban J connectivity index is 2.72. The van der Waals surface area contributed by atoms with Crippen molar-refractivity contribution in [2.45, 2.75) is 31.6 Å². The predicted octanol–water partition coefficient (Wildman–Crippen LogP) is 2.87. The zero-order chi connectivity index (χ0) is 13.5. The first-order valence-corrected chi connectivity index (χ1v) is 6.12. The Kier molecular flexibility index (Phi) is 3.15. The molecule has 1 fully saturated rings. The lowest BCUT2D eigenvalue weighted by atomic mass is 9.63. The van der Waals surface area contributed by atoms with Crippen LogP contribution in [0.1, 0.15) is 30.4 Å². The molecule has 0 spiro atoms. The van der Waals surface area contributed by atoms with E-state index in [0.29, 0.717) is 29.0 Å². The zero-order valence-electron chi connectivity index (χ0n) is 10.3. The number of benzene rings is 1. The second kappa shape index (κ2) is 4.35. The van der Waals surface area contributed by atoms with Crippen LogP contribution in [0.4, 0.5) is 0 Å². The molecule has 1 aliphatic rings. The van der Waals surface area contributed by atoms with Crippen LogP contribution in [0.25, 0.3) is 0 Å². The fourth-order valence-electron chi connectivity index (χ4n) is 2.60. The van der Waals surface area contributed by atoms with E-state index in [-0.39, 0.29) is 11.5 Å². The molecule has 1 saturated carbocycles. The van der Waals surface area contributed by atoms with Gasteiger partial charge >= 0.3 is 5.97 Å². The molecule has 1 aromatic carbocycles. The number of hydrogen-bond acceptors (Lipinski definition) is 3. The maximum atomic E-state index is 11.6. The quantitative estimate of drug-likeness (QED) is 0.886. The van der Waals surface area contributed by atoms with Crippen molar-refractivity contribution in [1.82, 2.24) is 0 Å². The fourth-order valence-corrected chi connectivity index (χ4v) is 2.79. The van der Waals surface area contributed by atoms with E-state index in [1.54, 1.807) is 6.92 Å². The molecule has 0 aromatic heterocycles. The molecule has 2 N–H and O–H groups in total. The lowest BCUT2D eigenvalue weighted by Gasteiger charge is -2.40. The van der Waals surface area contributed by atoms with Crippen molar-refractivity contribution in [3.63, 3.8) is 0 Å². The maximum Gasteiger partial charge on any atom is 0.314 e. The Bertz CT molecular complexity index is 506. The van der Waals surface area contributed by atoms with Gasteiger partial charge < -0.3 is 14.9 Å². The van der Waals surface area contributed by atoms with E-state index in [1.165, 1.54) is 13.2 Å². The number of aliphatic carboxylic acids is 1. The molecular weight excluding hydrogens is 256 g/mol. The van der Waals surface area contributed by atoms with Gasteiger partial charge in [-0.1, -0.05) is 18.0 Å². The van der Waals surface area contributed by atoms with Crippen LogP contribution in [-0.2, 0) is 10.2 Å². The van der Waals surface area contributed by atoms with Gasteiger partial charge in [-0.3, -0.25) is 4.79 Å². The van der Waals surface area contributed by atoms with Gasteiger partial charge in [0.15, 0.2) is 11.5 Å². The normalized spacial score (nSPS) is 17.1. The molecule has 98 valence electrons. The Hall–Kier alpha value is -1.42. The summed E-state index contributed by atoms with van der Waals surface area (Å²) in [6.07, 6.45) is 1.93. The summed E-state index contributed by atoms with van der Waals surface area (Å²) in [5.41, 5.74) is 0.194. The fraction of sp³-hybridized carbons (Fsp3) is 0.462. The molecule has 0 atom stereocenters. The topological polar surface area (TPSA) is 66.8 Å². The van der Waals surface area contributed by atoms with Crippen LogP contribution in [0.15, 0.2) is 6.07 Å². The lowest BCUT2D eigenvalue weighted by molar-refractivity contribution is -0.147. The number of carboxylic acid groups (broad SMARTS) is 1. The number of phenolic OH excluding ortho intramolecular Hbond substituents is 1. The Morgan fingerprint density at radius 3 is 2.50 bits per heavy atom. The molecule has 0 heterocycles. The Morgan fingerprint density at radius 2 is 2.11 bits per heavy atom. The summed E-state index contributed by atoms with van der Waals surface area (Å²) >= 11 is 6.03. The van der Waals surface area contributed by atoms with E-state index < -0.39 is 11.4 Å². The second-order valence-corrected chi connectivity index (χ2v) is 5.06. The molecular formula is C13H15ClO4. The third-order valence-corrected chi connectivity index (χ3v) is 4.15. The second-order valence-electron chi connectivity index (χ2n) is 4.65. The summed E-state index contributed by atoms with van der Waals surface area (Å²) in [6, 6.07) is 1.38. The van der Waals surface area contributed by atoms with E-state index in [9.17, 15) is 15.0 Å². The number of ether oxygens (including phenoxy) is 1. The Labute approximate surface area is 110 Å². The SMILES string of the molecule is COc1c(O)cc(Cl)c(C)c1C1(C(=O)O)CCC1. The van der Waals surface area contributed by atoms with Gasteiger partial charge in [0.25, 0.3) is 0 Å². The first-order chi connectivity index (χ1) is 8.44. The van der Waals surface area contributed by atoms with Gasteiger partial charge in [0, 0.05) is 16.7 Å². The zero-order valence-corrected chi connectivity index (χ0v) is 11.0. The highest BCUT2D eigenvalue weighted by Crippen LogP contribution is 2.52. The molecule has 1 aliphatic carbocycles. The smallest absolute Gasteiger partial charge is 0.314 e. The summed E-state index contributed by atoms with van der Waals surface area (Å²) in [4.78, 5) is 11.6. The first-order valence-electron chi connectivity index (χ1n) is 5.74. The largest absolute Gasteiger partial charge is 0.504 e. The Morgan fingerprint density at radius 1 is 1.50 bits per heavy atom. The number of carboxylic acids is 1. The molecule has 0 radical (unpaired) electrons. The van der Waals surface area contributed by atoms with Crippen molar-refractivity contribution in [3.8, 4) is 11.5 Å². The van der Waals surface area contributed by atoms with Gasteiger partial charge in [-0.05, 0) is 25.3 Å². The average Bonchev–Trinajstić information content (AvgIpc) is 2.23. The van der Waals surface area contributed by atoms with Crippen LogP contribution >= 0.6 is 11.6 Å². The third kappa shape index (κ3) is 1.63. The minimum atomic E-state index is -0.974. The maximum absolute atomic E-state index is 11.6. The highest BCUT2D eigenvalue weighted by molar-refractivity contribution is 6.31. The molecule has 18 heavy (non-hydrogen) atoms. The van der Waals surface area contributed by atoms with Crippen LogP contribution in [0.3, 0.4) is 0 Å². The van der Waals surface area contributed by atoms with Gasteiger partial charge in [-0.15, -0.1) is 0 Å². The molecule has 4 nitrogen and oxygen atoms in total. The van der Waals surface area contributed by atoms with Gasteiger partial charge in [-0.2, -0.15) is 0 Å². The lowest BCUT2D eigenvalue weighted by Crippen LogP contribution is -2.43. The van der Waals surface area contributed by atoms with Gasteiger partial charge in [0.1, 0.15) is 0 Å². The minimum absolute atomic E-state index is 0.115. The van der Waals surface area contributed by atoms with Crippen molar-refractivity contribution in [1.29, 1.82) is 0 Å². The first kappa shape index (κ1) is 13.0. The molecule has 0 bridgehead atoms. The molecule has 0 unspecified atom stereocenters. The molecule has 5 heteroatoms. The van der Waals surface area contributed by atoms with E-state index >= 15 is 0 Å². The molecule has 0 saturated heterocycles. The highest BCUT2D eigenvalue weighted by Gasteiger charge is 2.49. The van der Waals surface area contributed by atoms with E-state index in [4.69, 9.17) is 16.3 Å². The summed E-state index contributed by atoms with van der Waals surface area (Å²) in [5, 5.41) is 19.7. The number of rotatable bonds is 3. The van der Waals surface area contributed by atoms with Crippen molar-refractivity contribution in [3.05, 3.63) is 22.2 Å². The van der Waals surface area contributed by atoms with Crippen LogP contribution < -0.4 is 4.74 Å². The summed E-state index contributed by atoms with van der Waals surface area (Å²) in [7, 11) is 1.42. The van der Waals surface area contributed by atoms with Crippen LogP contribution in [0, 0.1) is 6.92 Å². The van der Waals surface area contributed by atoms with E-state index in [1.807, 2.05) is 0 Å². The van der Waals surface area contributed by atoms with Crippen molar-refractivity contribution in [2.75, 3.05) is 7.11 Å². The van der Waals surface area contributed by atoms with Crippen molar-refractivity contribution in [2.24, 2.45) is 0 Å². The number of halogens is 1. The molecule has 1 aromatic rings. The van der Waals surface area contributed by atoms with Crippen molar-refractivity contribution >= 4 is 17.6 Å². The molecule has 0 aliphatic heterocycles. The highest BCUT2D eigenvalue weighted by atomic mass is 35.5. The monoisotopic (exact) mass is 270 g/mol. The number of aromatic hydroxyl groups is 1. The van der Waals surface area contributed by atoms with Crippen molar-refractivity contribution < 1.29 is 19.7 Å². The summed E-state index contributed by atoms with van der Waals surface area (Å²) in [6.45, 7) is 1.75. The average molecular weight is 271 g/mol. The number of hydrogen-bond donors (Lipinski definition) is 2.